The van der Waals surface area contributed by atoms with E-state index in [2.05, 4.69) is 0 Å². The largest absolute Gasteiger partial charge is 4.00 e. The molecule has 0 saturated carbocycles. The second-order valence-corrected chi connectivity index (χ2v) is 0.577. The van der Waals surface area contributed by atoms with Gasteiger partial charge < -0.3 is 10.2 Å². The molecule has 0 aromatic heterocycles. The average molecular weight is 206 g/mol. The third-order valence-corrected chi connectivity index (χ3v) is 0. The van der Waals surface area contributed by atoms with Crippen molar-refractivity contribution in [1.29, 1.82) is 0 Å². The Kier molecular flexibility index (Phi) is 109. The summed E-state index contributed by atoms with van der Waals surface area (Å²) in [5.41, 5.74) is 0. The van der Waals surface area contributed by atoms with E-state index in [9.17, 15) is 0 Å². The van der Waals surface area contributed by atoms with E-state index in [0.717, 1.165) is 0 Å². The molecule has 0 amide bonds. The van der Waals surface area contributed by atoms with Crippen LogP contribution in [0, 0.1) is 0 Å². The first-order chi connectivity index (χ1) is 2.83. The Balaban J connectivity index is -0.0000000160. The van der Waals surface area contributed by atoms with Crippen LogP contribution < -0.4 is 10.2 Å². The van der Waals surface area contributed by atoms with Crippen molar-refractivity contribution in [3.63, 3.8) is 0 Å². The molecule has 0 heterocycles. The number of rotatable bonds is 0. The summed E-state index contributed by atoms with van der Waals surface area (Å²) >= 11 is 0. The van der Waals surface area contributed by atoms with Crippen LogP contribution in [0.1, 0.15) is 13.8 Å². The zero-order valence-corrected chi connectivity index (χ0v) is 9.31. The first-order valence-electron chi connectivity index (χ1n) is 1.99. The minimum atomic E-state index is 0. The summed E-state index contributed by atoms with van der Waals surface area (Å²) in [6.07, 6.45) is 0. The Labute approximate surface area is 85.9 Å². The third kappa shape index (κ3) is 133. The Hall–Kier alpha value is 1.57. The second kappa shape index (κ2) is 38.5. The summed E-state index contributed by atoms with van der Waals surface area (Å²) in [6.45, 7) is 3.14. The summed E-state index contributed by atoms with van der Waals surface area (Å²) in [6, 6.07) is 0. The topological polar surface area (TPSA) is 46.1 Å². The number of hydrogen-bond donors (Lipinski definition) is 0. The van der Waals surface area contributed by atoms with Gasteiger partial charge in [-0.25, -0.2) is 0 Å². The van der Waals surface area contributed by atoms with Crippen molar-refractivity contribution in [2.45, 2.75) is 13.8 Å². The fourth-order valence-corrected chi connectivity index (χ4v) is 0. The molecular formula is C4H10MgO2Zr+4. The Morgan fingerprint density at radius 2 is 1.00 bits per heavy atom. The summed E-state index contributed by atoms with van der Waals surface area (Å²) in [7, 11) is 0. The van der Waals surface area contributed by atoms with Gasteiger partial charge in [0, 0.05) is 0 Å². The number of hydrogen-bond acceptors (Lipinski definition) is 2. The van der Waals surface area contributed by atoms with Gasteiger partial charge in [0.2, 0.25) is 0 Å². The molecule has 0 spiro atoms. The molecule has 0 rings (SSSR count). The molecule has 2 nitrogen and oxygen atoms in total. The smallest absolute Gasteiger partial charge is 0.855 e. The van der Waals surface area contributed by atoms with Crippen molar-refractivity contribution >= 4 is 23.1 Å². The van der Waals surface area contributed by atoms with Gasteiger partial charge in [-0.1, -0.05) is 13.8 Å². The van der Waals surface area contributed by atoms with E-state index in [4.69, 9.17) is 10.2 Å². The SMILES string of the molecule is CC[O-].CC[O-].[Mg+2].[Zr+4]. The van der Waals surface area contributed by atoms with Crippen molar-refractivity contribution in [2.24, 2.45) is 0 Å². The Morgan fingerprint density at radius 3 is 1.00 bits per heavy atom. The zero-order chi connectivity index (χ0) is 5.41. The molecule has 0 atom stereocenters. The van der Waals surface area contributed by atoms with Crippen LogP contribution in [0.15, 0.2) is 0 Å². The van der Waals surface area contributed by atoms with Crippen LogP contribution in [-0.4, -0.2) is 36.3 Å². The van der Waals surface area contributed by atoms with E-state index < -0.39 is 0 Å². The predicted molar refractivity (Wildman–Crippen MR) is 26.8 cm³/mol. The van der Waals surface area contributed by atoms with Crippen LogP contribution in [-0.2, 0) is 26.2 Å². The predicted octanol–water partition coefficient (Wildman–Crippen LogP) is -1.65. The molecule has 0 N–H and O–H groups in total. The van der Waals surface area contributed by atoms with Crippen LogP contribution in [0.5, 0.6) is 0 Å². The standard InChI is InChI=1S/2C2H5O.Mg.Zr/c2*1-2-3;;/h2*2H2,1H3;;/q2*-1;+2;+4. The second-order valence-electron chi connectivity index (χ2n) is 0.577. The van der Waals surface area contributed by atoms with Gasteiger partial charge in [-0.05, 0) is 0 Å². The van der Waals surface area contributed by atoms with E-state index in [-0.39, 0.29) is 62.5 Å². The summed E-state index contributed by atoms with van der Waals surface area (Å²) in [4.78, 5) is 0. The molecule has 0 bridgehead atoms. The minimum absolute atomic E-state index is 0. The third-order valence-electron chi connectivity index (χ3n) is 0. The van der Waals surface area contributed by atoms with Gasteiger partial charge in [-0.2, -0.15) is 0 Å². The maximum atomic E-state index is 8.93. The molecule has 4 heteroatoms. The van der Waals surface area contributed by atoms with E-state index in [1.54, 1.807) is 13.8 Å². The molecule has 0 aromatic carbocycles. The first-order valence-corrected chi connectivity index (χ1v) is 1.99. The van der Waals surface area contributed by atoms with Gasteiger partial charge in [-0.3, -0.25) is 0 Å². The van der Waals surface area contributed by atoms with Crippen LogP contribution in [0.3, 0.4) is 0 Å². The molecule has 0 radical (unpaired) electrons. The van der Waals surface area contributed by atoms with Crippen LogP contribution in [0.4, 0.5) is 0 Å². The van der Waals surface area contributed by atoms with Crippen LogP contribution in [0.2, 0.25) is 0 Å². The van der Waals surface area contributed by atoms with Gasteiger partial charge in [0.25, 0.3) is 0 Å². The van der Waals surface area contributed by atoms with Crippen molar-refractivity contribution in [2.75, 3.05) is 13.2 Å². The summed E-state index contributed by atoms with van der Waals surface area (Å²) < 4.78 is 0. The van der Waals surface area contributed by atoms with Crippen LogP contribution >= 0.6 is 0 Å². The van der Waals surface area contributed by atoms with E-state index in [1.165, 1.54) is 0 Å². The average Bonchev–Trinajstić information content (AvgIpc) is 1.39. The van der Waals surface area contributed by atoms with Gasteiger partial charge in [0.1, 0.15) is 0 Å². The quantitative estimate of drug-likeness (QED) is 0.445. The Bertz CT molecular complexity index is 16.0. The molecule has 8 heavy (non-hydrogen) atoms. The fraction of sp³-hybridized carbons (Fsp3) is 1.00. The van der Waals surface area contributed by atoms with Crippen molar-refractivity contribution in [1.82, 2.24) is 0 Å². The van der Waals surface area contributed by atoms with Gasteiger partial charge in [-0.15, -0.1) is 13.2 Å². The van der Waals surface area contributed by atoms with Crippen molar-refractivity contribution in [3.8, 4) is 0 Å². The zero-order valence-electron chi connectivity index (χ0n) is 5.44. The molecular weight excluding hydrogens is 196 g/mol. The summed E-state index contributed by atoms with van der Waals surface area (Å²) in [5.74, 6) is 0. The molecule has 0 aromatic rings. The van der Waals surface area contributed by atoms with E-state index in [0.29, 0.717) is 0 Å². The van der Waals surface area contributed by atoms with Crippen molar-refractivity contribution < 1.29 is 36.4 Å². The van der Waals surface area contributed by atoms with Gasteiger partial charge in [0.05, 0.1) is 0 Å². The molecule has 0 aliphatic heterocycles. The molecule has 0 aliphatic carbocycles. The first kappa shape index (κ1) is 22.7. The maximum absolute atomic E-state index is 8.93. The molecule has 0 saturated heterocycles. The molecule has 0 fully saturated rings. The van der Waals surface area contributed by atoms with Gasteiger partial charge in [0.15, 0.2) is 0 Å². The monoisotopic (exact) mass is 204 g/mol. The minimum Gasteiger partial charge on any atom is -0.855 e. The molecule has 0 aliphatic rings. The molecule has 40 valence electrons. The fourth-order valence-electron chi connectivity index (χ4n) is 0. The van der Waals surface area contributed by atoms with E-state index >= 15 is 0 Å². The van der Waals surface area contributed by atoms with E-state index in [1.807, 2.05) is 0 Å². The Morgan fingerprint density at radius 1 is 1.00 bits per heavy atom. The van der Waals surface area contributed by atoms with Gasteiger partial charge >= 0.3 is 49.3 Å². The normalized spacial score (nSPS) is 4.50. The molecule has 0 unspecified atom stereocenters. The van der Waals surface area contributed by atoms with Crippen molar-refractivity contribution in [3.05, 3.63) is 0 Å². The van der Waals surface area contributed by atoms with Crippen LogP contribution in [0.25, 0.3) is 0 Å². The summed E-state index contributed by atoms with van der Waals surface area (Å²) in [5, 5.41) is 17.9. The maximum Gasteiger partial charge on any atom is 4.00 e.